The van der Waals surface area contributed by atoms with Crippen molar-refractivity contribution >= 4 is 17.2 Å². The first-order chi connectivity index (χ1) is 11.7. The van der Waals surface area contributed by atoms with Gasteiger partial charge in [-0.2, -0.15) is 0 Å². The molecular formula is C17H24N4O2S. The molecule has 24 heavy (non-hydrogen) atoms. The number of aromatic amines is 1. The topological polar surface area (TPSA) is 61.5 Å². The van der Waals surface area contributed by atoms with Crippen LogP contribution in [0.15, 0.2) is 23.7 Å². The van der Waals surface area contributed by atoms with Gasteiger partial charge in [-0.3, -0.25) is 9.69 Å². The Bertz CT molecular complexity index is 647. The van der Waals surface area contributed by atoms with Crippen molar-refractivity contribution in [3.8, 4) is 0 Å². The molecule has 1 saturated heterocycles. The smallest absolute Gasteiger partial charge is 0.270 e. The summed E-state index contributed by atoms with van der Waals surface area (Å²) >= 11 is 1.66. The minimum atomic E-state index is 0.0593. The molecule has 0 aromatic carbocycles. The first kappa shape index (κ1) is 17.1. The van der Waals surface area contributed by atoms with Crippen LogP contribution in [0.2, 0.25) is 0 Å². The summed E-state index contributed by atoms with van der Waals surface area (Å²) in [5.74, 6) is 0.0844. The van der Waals surface area contributed by atoms with Gasteiger partial charge in [-0.05, 0) is 26.0 Å². The van der Waals surface area contributed by atoms with Crippen molar-refractivity contribution in [1.82, 2.24) is 19.8 Å². The van der Waals surface area contributed by atoms with Crippen molar-refractivity contribution in [3.63, 3.8) is 0 Å². The average molecular weight is 348 g/mol. The van der Waals surface area contributed by atoms with E-state index in [1.54, 1.807) is 17.5 Å². The van der Waals surface area contributed by atoms with Gasteiger partial charge in [-0.25, -0.2) is 4.98 Å². The fourth-order valence-corrected chi connectivity index (χ4v) is 3.69. The highest BCUT2D eigenvalue weighted by atomic mass is 32.1. The Hall–Kier alpha value is -1.70. The summed E-state index contributed by atoms with van der Waals surface area (Å²) in [7, 11) is 0. The van der Waals surface area contributed by atoms with E-state index in [-0.39, 0.29) is 12.0 Å². The molecule has 130 valence electrons. The number of carbonyl (C=O) groups is 1. The highest BCUT2D eigenvalue weighted by Crippen LogP contribution is 2.22. The number of carbonyl (C=O) groups excluding carboxylic acids is 1. The van der Waals surface area contributed by atoms with Crippen LogP contribution >= 0.6 is 11.3 Å². The SMILES string of the molecule is CCO[C@H](C)c1nc(CN2CCN(C(=O)c3ccc[nH]3)CC2)cs1. The third-order valence-electron chi connectivity index (χ3n) is 4.21. The normalized spacial score (nSPS) is 17.2. The van der Waals surface area contributed by atoms with Crippen LogP contribution in [-0.4, -0.2) is 58.5 Å². The minimum absolute atomic E-state index is 0.0593. The predicted molar refractivity (Wildman–Crippen MR) is 94.1 cm³/mol. The van der Waals surface area contributed by atoms with Gasteiger partial charge in [0, 0.05) is 50.9 Å². The number of piperazine rings is 1. The lowest BCUT2D eigenvalue weighted by atomic mass is 10.2. The van der Waals surface area contributed by atoms with Crippen molar-refractivity contribution in [2.75, 3.05) is 32.8 Å². The summed E-state index contributed by atoms with van der Waals surface area (Å²) in [6, 6.07) is 3.68. The van der Waals surface area contributed by atoms with Crippen LogP contribution < -0.4 is 0 Å². The average Bonchev–Trinajstić information content (AvgIpc) is 3.27. The van der Waals surface area contributed by atoms with Crippen LogP contribution in [-0.2, 0) is 11.3 Å². The Labute approximate surface area is 146 Å². The summed E-state index contributed by atoms with van der Waals surface area (Å²) in [4.78, 5) is 24.2. The maximum Gasteiger partial charge on any atom is 0.270 e. The van der Waals surface area contributed by atoms with E-state index < -0.39 is 0 Å². The van der Waals surface area contributed by atoms with E-state index in [1.807, 2.05) is 30.9 Å². The lowest BCUT2D eigenvalue weighted by molar-refractivity contribution is 0.0620. The Morgan fingerprint density at radius 2 is 2.21 bits per heavy atom. The van der Waals surface area contributed by atoms with Crippen molar-refractivity contribution in [3.05, 3.63) is 40.1 Å². The second-order valence-electron chi connectivity index (χ2n) is 5.93. The largest absolute Gasteiger partial charge is 0.372 e. The number of hydrogen-bond donors (Lipinski definition) is 1. The number of ether oxygens (including phenoxy) is 1. The molecule has 0 unspecified atom stereocenters. The summed E-state index contributed by atoms with van der Waals surface area (Å²) in [5, 5.41) is 3.15. The molecule has 2 aromatic heterocycles. The molecule has 6 nitrogen and oxygen atoms in total. The van der Waals surface area contributed by atoms with Crippen LogP contribution in [0.1, 0.15) is 41.1 Å². The minimum Gasteiger partial charge on any atom is -0.372 e. The number of thiazole rings is 1. The lowest BCUT2D eigenvalue weighted by Gasteiger charge is -2.34. The Kier molecular flexibility index (Phi) is 5.65. The number of aromatic nitrogens is 2. The second kappa shape index (κ2) is 7.92. The first-order valence-electron chi connectivity index (χ1n) is 8.38. The quantitative estimate of drug-likeness (QED) is 0.871. The van der Waals surface area contributed by atoms with E-state index in [0.717, 1.165) is 43.4 Å². The van der Waals surface area contributed by atoms with Gasteiger partial charge < -0.3 is 14.6 Å². The third kappa shape index (κ3) is 4.03. The van der Waals surface area contributed by atoms with Gasteiger partial charge in [-0.15, -0.1) is 11.3 Å². The molecule has 1 amide bonds. The molecule has 1 aliphatic heterocycles. The molecular weight excluding hydrogens is 324 g/mol. The van der Waals surface area contributed by atoms with Gasteiger partial charge in [0.15, 0.2) is 0 Å². The number of nitrogens with one attached hydrogen (secondary N) is 1. The maximum absolute atomic E-state index is 12.3. The second-order valence-corrected chi connectivity index (χ2v) is 6.82. The molecule has 2 aromatic rings. The number of rotatable bonds is 6. The molecule has 3 heterocycles. The molecule has 7 heteroatoms. The van der Waals surface area contributed by atoms with Crippen molar-refractivity contribution in [2.45, 2.75) is 26.5 Å². The monoisotopic (exact) mass is 348 g/mol. The van der Waals surface area contributed by atoms with Crippen LogP contribution in [0, 0.1) is 0 Å². The first-order valence-corrected chi connectivity index (χ1v) is 9.26. The van der Waals surface area contributed by atoms with Crippen molar-refractivity contribution in [2.24, 2.45) is 0 Å². The Balaban J connectivity index is 1.50. The zero-order valence-electron chi connectivity index (χ0n) is 14.2. The van der Waals surface area contributed by atoms with E-state index in [0.29, 0.717) is 12.3 Å². The molecule has 1 atom stereocenters. The van der Waals surface area contributed by atoms with Gasteiger partial charge in [0.05, 0.1) is 5.69 Å². The van der Waals surface area contributed by atoms with Gasteiger partial charge in [-0.1, -0.05) is 0 Å². The van der Waals surface area contributed by atoms with Gasteiger partial charge >= 0.3 is 0 Å². The molecule has 0 aliphatic carbocycles. The maximum atomic E-state index is 12.3. The highest BCUT2D eigenvalue weighted by Gasteiger charge is 2.23. The number of hydrogen-bond acceptors (Lipinski definition) is 5. The number of nitrogens with zero attached hydrogens (tertiary/aromatic N) is 3. The van der Waals surface area contributed by atoms with E-state index in [9.17, 15) is 4.79 Å². The Morgan fingerprint density at radius 1 is 1.42 bits per heavy atom. The van der Waals surface area contributed by atoms with Crippen LogP contribution in [0.4, 0.5) is 0 Å². The number of H-pyrrole nitrogens is 1. The van der Waals surface area contributed by atoms with E-state index in [4.69, 9.17) is 4.74 Å². The van der Waals surface area contributed by atoms with Crippen molar-refractivity contribution in [1.29, 1.82) is 0 Å². The summed E-state index contributed by atoms with van der Waals surface area (Å²) < 4.78 is 5.59. The van der Waals surface area contributed by atoms with Crippen LogP contribution in [0.5, 0.6) is 0 Å². The highest BCUT2D eigenvalue weighted by molar-refractivity contribution is 7.09. The zero-order valence-corrected chi connectivity index (χ0v) is 15.0. The fourth-order valence-electron chi connectivity index (χ4n) is 2.88. The van der Waals surface area contributed by atoms with Crippen LogP contribution in [0.3, 0.4) is 0 Å². The predicted octanol–water partition coefficient (Wildman–Crippen LogP) is 2.53. The lowest BCUT2D eigenvalue weighted by Crippen LogP contribution is -2.48. The summed E-state index contributed by atoms with van der Waals surface area (Å²) in [6.07, 6.45) is 1.84. The standard InChI is InChI=1S/C17H24N4O2S/c1-3-23-13(2)16-19-14(12-24-16)11-20-7-9-21(10-8-20)17(22)15-5-4-6-18-15/h4-6,12-13,18H,3,7-11H2,1-2H3/t13-/m1/s1. The fraction of sp³-hybridized carbons (Fsp3) is 0.529. The van der Waals surface area contributed by atoms with E-state index in [1.165, 1.54) is 0 Å². The van der Waals surface area contributed by atoms with E-state index in [2.05, 4.69) is 20.2 Å². The van der Waals surface area contributed by atoms with Gasteiger partial charge in [0.2, 0.25) is 0 Å². The van der Waals surface area contributed by atoms with Gasteiger partial charge in [0.1, 0.15) is 16.8 Å². The molecule has 0 saturated carbocycles. The molecule has 0 radical (unpaired) electrons. The van der Waals surface area contributed by atoms with Crippen LogP contribution in [0.25, 0.3) is 0 Å². The Morgan fingerprint density at radius 3 is 2.88 bits per heavy atom. The zero-order chi connectivity index (χ0) is 16.9. The molecule has 1 aliphatic rings. The molecule has 1 N–H and O–H groups in total. The van der Waals surface area contributed by atoms with E-state index >= 15 is 0 Å². The van der Waals surface area contributed by atoms with Gasteiger partial charge in [0.25, 0.3) is 5.91 Å². The summed E-state index contributed by atoms with van der Waals surface area (Å²) in [6.45, 7) is 8.83. The third-order valence-corrected chi connectivity index (χ3v) is 5.26. The summed E-state index contributed by atoms with van der Waals surface area (Å²) in [5.41, 5.74) is 1.75. The molecule has 3 rings (SSSR count). The molecule has 0 bridgehead atoms. The molecule has 0 spiro atoms. The number of amides is 1. The molecule has 1 fully saturated rings. The van der Waals surface area contributed by atoms with Crippen molar-refractivity contribution < 1.29 is 9.53 Å².